The van der Waals surface area contributed by atoms with Crippen molar-refractivity contribution in [2.45, 2.75) is 32.7 Å². The zero-order valence-corrected chi connectivity index (χ0v) is 11.3. The molecule has 0 heterocycles. The maximum absolute atomic E-state index is 11.3. The Hall–Kier alpha value is -1.55. The number of nitrogens with one attached hydrogen (secondary N) is 1. The van der Waals surface area contributed by atoms with Gasteiger partial charge >= 0.3 is 0 Å². The van der Waals surface area contributed by atoms with E-state index < -0.39 is 0 Å². The molecule has 0 bridgehead atoms. The van der Waals surface area contributed by atoms with Crippen molar-refractivity contribution in [3.63, 3.8) is 0 Å². The molecule has 1 unspecified atom stereocenters. The molecule has 0 aliphatic heterocycles. The predicted molar refractivity (Wildman–Crippen MR) is 75.1 cm³/mol. The summed E-state index contributed by atoms with van der Waals surface area (Å²) in [5, 5.41) is 3.37. The van der Waals surface area contributed by atoms with Crippen molar-refractivity contribution in [2.75, 3.05) is 24.8 Å². The number of methoxy groups -OCH3 is 1. The highest BCUT2D eigenvalue weighted by Gasteiger charge is 2.09. The van der Waals surface area contributed by atoms with Gasteiger partial charge in [0.25, 0.3) is 0 Å². The van der Waals surface area contributed by atoms with Crippen LogP contribution in [0.2, 0.25) is 0 Å². The molecule has 1 aromatic rings. The van der Waals surface area contributed by atoms with Crippen molar-refractivity contribution in [2.24, 2.45) is 0 Å². The fourth-order valence-electron chi connectivity index (χ4n) is 1.96. The lowest BCUT2D eigenvalue weighted by Crippen LogP contribution is -2.24. The smallest absolute Gasteiger partial charge is 0.161 e. The number of anilines is 2. The maximum Gasteiger partial charge on any atom is 0.161 e. The Labute approximate surface area is 109 Å². The van der Waals surface area contributed by atoms with Crippen LogP contribution in [0, 0.1) is 0 Å². The van der Waals surface area contributed by atoms with Crippen LogP contribution in [0.4, 0.5) is 11.4 Å². The van der Waals surface area contributed by atoms with Gasteiger partial charge in [-0.2, -0.15) is 0 Å². The fraction of sp³-hybridized carbons (Fsp3) is 0.500. The van der Waals surface area contributed by atoms with Gasteiger partial charge in [0.2, 0.25) is 0 Å². The molecule has 100 valence electrons. The molecule has 0 fully saturated rings. The molecule has 0 spiro atoms. The van der Waals surface area contributed by atoms with Crippen molar-refractivity contribution in [1.29, 1.82) is 0 Å². The third kappa shape index (κ3) is 4.04. The predicted octanol–water partition coefficient (Wildman–Crippen LogP) is 2.70. The lowest BCUT2D eigenvalue weighted by atomic mass is 10.1. The van der Waals surface area contributed by atoms with E-state index in [1.807, 2.05) is 6.07 Å². The second-order valence-electron chi connectivity index (χ2n) is 4.44. The van der Waals surface area contributed by atoms with Crippen LogP contribution >= 0.6 is 0 Å². The summed E-state index contributed by atoms with van der Waals surface area (Å²) in [5.74, 6) is -0.0129. The number of nitrogens with two attached hydrogens (primary N) is 1. The molecule has 0 aliphatic carbocycles. The third-order valence-corrected chi connectivity index (χ3v) is 2.81. The highest BCUT2D eigenvalue weighted by Crippen LogP contribution is 2.20. The second-order valence-corrected chi connectivity index (χ2v) is 4.44. The molecule has 18 heavy (non-hydrogen) atoms. The zero-order valence-electron chi connectivity index (χ0n) is 11.3. The van der Waals surface area contributed by atoms with Gasteiger partial charge in [0, 0.05) is 30.1 Å². The lowest BCUT2D eigenvalue weighted by molar-refractivity contribution is 0.101. The summed E-state index contributed by atoms with van der Waals surface area (Å²) in [6.45, 7) is 4.31. The van der Waals surface area contributed by atoms with E-state index in [1.165, 1.54) is 6.92 Å². The molecule has 3 N–H and O–H groups in total. The molecule has 1 rings (SSSR count). The van der Waals surface area contributed by atoms with Crippen LogP contribution in [-0.2, 0) is 4.74 Å². The molecule has 0 saturated carbocycles. The number of rotatable bonds is 7. The number of benzene rings is 1. The second kappa shape index (κ2) is 7.01. The molecule has 0 saturated heterocycles. The minimum Gasteiger partial charge on any atom is -0.398 e. The number of carbonyl (C=O) groups excluding carboxylic acids is 1. The highest BCUT2D eigenvalue weighted by atomic mass is 16.5. The number of ether oxygens (including phenoxy) is 1. The number of hydrogen-bond donors (Lipinski definition) is 2. The first-order valence-corrected chi connectivity index (χ1v) is 6.24. The largest absolute Gasteiger partial charge is 0.398 e. The van der Waals surface area contributed by atoms with Crippen LogP contribution in [-0.4, -0.2) is 25.5 Å². The minimum absolute atomic E-state index is 0.0129. The van der Waals surface area contributed by atoms with Gasteiger partial charge in [-0.1, -0.05) is 13.3 Å². The first-order chi connectivity index (χ1) is 8.58. The highest BCUT2D eigenvalue weighted by molar-refractivity contribution is 5.99. The van der Waals surface area contributed by atoms with Crippen molar-refractivity contribution >= 4 is 17.2 Å². The molecular weight excluding hydrogens is 228 g/mol. The van der Waals surface area contributed by atoms with Crippen LogP contribution in [0.1, 0.15) is 37.0 Å². The topological polar surface area (TPSA) is 64.3 Å². The first kappa shape index (κ1) is 14.5. The minimum atomic E-state index is -0.0129. The molecule has 4 heteroatoms. The van der Waals surface area contributed by atoms with Gasteiger partial charge in [-0.3, -0.25) is 4.79 Å². The van der Waals surface area contributed by atoms with Crippen LogP contribution in [0.25, 0.3) is 0 Å². The Kier molecular flexibility index (Phi) is 5.65. The summed E-state index contributed by atoms with van der Waals surface area (Å²) in [5.41, 5.74) is 7.86. The summed E-state index contributed by atoms with van der Waals surface area (Å²) in [4.78, 5) is 11.3. The SMILES string of the molecule is CCCC(COC)Nc1ccc(C(C)=O)c(N)c1. The van der Waals surface area contributed by atoms with Crippen LogP contribution in [0.15, 0.2) is 18.2 Å². The van der Waals surface area contributed by atoms with Crippen molar-refractivity contribution in [3.8, 4) is 0 Å². The van der Waals surface area contributed by atoms with Crippen LogP contribution in [0.5, 0.6) is 0 Å². The van der Waals surface area contributed by atoms with Crippen molar-refractivity contribution < 1.29 is 9.53 Å². The number of carbonyl (C=O) groups is 1. The summed E-state index contributed by atoms with van der Waals surface area (Å²) in [6, 6.07) is 5.71. The summed E-state index contributed by atoms with van der Waals surface area (Å²) >= 11 is 0. The van der Waals surface area contributed by atoms with Crippen LogP contribution < -0.4 is 11.1 Å². The zero-order chi connectivity index (χ0) is 13.5. The van der Waals surface area contributed by atoms with E-state index in [1.54, 1.807) is 19.2 Å². The summed E-state index contributed by atoms with van der Waals surface area (Å²) < 4.78 is 5.17. The standard InChI is InChI=1S/C14H22N2O2/c1-4-5-12(9-18-3)16-11-6-7-13(10(2)17)14(15)8-11/h6-8,12,16H,4-5,9,15H2,1-3H3. The maximum atomic E-state index is 11.3. The van der Waals surface area contributed by atoms with Gasteiger partial charge in [-0.05, 0) is 31.5 Å². The van der Waals surface area contributed by atoms with E-state index in [4.69, 9.17) is 10.5 Å². The normalized spacial score (nSPS) is 12.2. The molecule has 0 aliphatic rings. The first-order valence-electron chi connectivity index (χ1n) is 6.24. The van der Waals surface area contributed by atoms with E-state index in [2.05, 4.69) is 12.2 Å². The van der Waals surface area contributed by atoms with Crippen molar-refractivity contribution in [1.82, 2.24) is 0 Å². The third-order valence-electron chi connectivity index (χ3n) is 2.81. The van der Waals surface area contributed by atoms with Gasteiger partial charge in [-0.15, -0.1) is 0 Å². The van der Waals surface area contributed by atoms with Crippen molar-refractivity contribution in [3.05, 3.63) is 23.8 Å². The number of hydrogen-bond acceptors (Lipinski definition) is 4. The molecule has 0 aromatic heterocycles. The Morgan fingerprint density at radius 2 is 2.22 bits per heavy atom. The van der Waals surface area contributed by atoms with Gasteiger partial charge in [0.1, 0.15) is 0 Å². The molecule has 1 aromatic carbocycles. The molecular formula is C14H22N2O2. The Bertz CT molecular complexity index is 399. The average Bonchev–Trinajstić information content (AvgIpc) is 2.29. The Balaban J connectivity index is 2.77. The average molecular weight is 250 g/mol. The van der Waals surface area contributed by atoms with Gasteiger partial charge in [0.05, 0.1) is 6.61 Å². The summed E-state index contributed by atoms with van der Waals surface area (Å²) in [7, 11) is 1.69. The van der Waals surface area contributed by atoms with E-state index in [0.717, 1.165) is 18.5 Å². The van der Waals surface area contributed by atoms with E-state index in [-0.39, 0.29) is 11.8 Å². The fourth-order valence-corrected chi connectivity index (χ4v) is 1.96. The monoisotopic (exact) mass is 250 g/mol. The molecule has 1 atom stereocenters. The van der Waals surface area contributed by atoms with Gasteiger partial charge in [0.15, 0.2) is 5.78 Å². The molecule has 0 radical (unpaired) electrons. The van der Waals surface area contributed by atoms with E-state index >= 15 is 0 Å². The Morgan fingerprint density at radius 1 is 1.50 bits per heavy atom. The van der Waals surface area contributed by atoms with Crippen LogP contribution in [0.3, 0.4) is 0 Å². The van der Waals surface area contributed by atoms with E-state index in [9.17, 15) is 4.79 Å². The van der Waals surface area contributed by atoms with Gasteiger partial charge in [-0.25, -0.2) is 0 Å². The molecule has 4 nitrogen and oxygen atoms in total. The van der Waals surface area contributed by atoms with Gasteiger partial charge < -0.3 is 15.8 Å². The quantitative estimate of drug-likeness (QED) is 0.577. The Morgan fingerprint density at radius 3 is 2.72 bits per heavy atom. The number of nitrogen functional groups attached to an aromatic ring is 1. The number of ketones is 1. The lowest BCUT2D eigenvalue weighted by Gasteiger charge is -2.19. The molecule has 0 amide bonds. The van der Waals surface area contributed by atoms with E-state index in [0.29, 0.717) is 17.9 Å². The number of Topliss-reactive ketones (excluding diaryl/α,β-unsaturated/α-hetero) is 1. The summed E-state index contributed by atoms with van der Waals surface area (Å²) in [6.07, 6.45) is 2.12.